The highest BCUT2D eigenvalue weighted by Crippen LogP contribution is 2.52. The molecule has 6 aromatic rings. The quantitative estimate of drug-likeness (QED) is 0.204. The maximum absolute atomic E-state index is 5.38. The number of nitrogens with zero attached hydrogens (tertiary/aromatic N) is 2. The van der Waals surface area contributed by atoms with Crippen LogP contribution in [-0.4, -0.2) is 9.97 Å². The van der Waals surface area contributed by atoms with E-state index in [1.165, 1.54) is 61.2 Å². The third kappa shape index (κ3) is 3.46. The average molecular weight is 581 g/mol. The summed E-state index contributed by atoms with van der Waals surface area (Å²) in [5.74, 6) is 0. The predicted molar refractivity (Wildman–Crippen MR) is 186 cm³/mol. The number of fused-ring (bicyclic) bond motifs is 9. The van der Waals surface area contributed by atoms with Gasteiger partial charge in [0.1, 0.15) is 0 Å². The van der Waals surface area contributed by atoms with E-state index in [1.807, 2.05) is 0 Å². The molecule has 0 aliphatic heterocycles. The van der Waals surface area contributed by atoms with Gasteiger partial charge in [-0.25, -0.2) is 0 Å². The SMILES string of the molecule is CC1(C)c2ccccc2-c2cc(-c3ccc4c(n3)C(C)(C)c3ccc(-c5ccc6c(n5)C(C)(C)c5ccccc5-6)cc3-4)ccc21. The molecule has 9 rings (SSSR count). The van der Waals surface area contributed by atoms with Crippen molar-refractivity contribution in [2.45, 2.75) is 57.8 Å². The molecule has 0 spiro atoms. The van der Waals surface area contributed by atoms with Crippen molar-refractivity contribution in [2.24, 2.45) is 0 Å². The van der Waals surface area contributed by atoms with Crippen LogP contribution in [0.2, 0.25) is 0 Å². The minimum atomic E-state index is -0.195. The van der Waals surface area contributed by atoms with Gasteiger partial charge in [0.05, 0.1) is 22.8 Å². The van der Waals surface area contributed by atoms with E-state index in [-0.39, 0.29) is 16.2 Å². The molecule has 3 aliphatic rings. The molecular weight excluding hydrogens is 544 g/mol. The Bertz CT molecular complexity index is 2250. The number of hydrogen-bond acceptors (Lipinski definition) is 2. The van der Waals surface area contributed by atoms with Crippen LogP contribution >= 0.6 is 0 Å². The maximum atomic E-state index is 5.38. The highest BCUT2D eigenvalue weighted by Gasteiger charge is 2.40. The van der Waals surface area contributed by atoms with Gasteiger partial charge in [0.15, 0.2) is 0 Å². The summed E-state index contributed by atoms with van der Waals surface area (Å²) in [4.78, 5) is 10.7. The highest BCUT2D eigenvalue weighted by atomic mass is 14.8. The Kier molecular flexibility index (Phi) is 5.12. The van der Waals surface area contributed by atoms with Crippen LogP contribution < -0.4 is 0 Å². The van der Waals surface area contributed by atoms with Crippen molar-refractivity contribution in [1.82, 2.24) is 9.97 Å². The van der Waals surface area contributed by atoms with Crippen LogP contribution in [0, 0.1) is 0 Å². The van der Waals surface area contributed by atoms with Crippen molar-refractivity contribution < 1.29 is 0 Å². The van der Waals surface area contributed by atoms with Crippen molar-refractivity contribution in [1.29, 1.82) is 0 Å². The van der Waals surface area contributed by atoms with E-state index in [2.05, 4.69) is 151 Å². The number of benzene rings is 4. The van der Waals surface area contributed by atoms with Crippen LogP contribution in [0.5, 0.6) is 0 Å². The monoisotopic (exact) mass is 580 g/mol. The molecule has 0 fully saturated rings. The second-order valence-electron chi connectivity index (χ2n) is 14.7. The van der Waals surface area contributed by atoms with Gasteiger partial charge in [-0.2, -0.15) is 0 Å². The molecule has 4 aromatic carbocycles. The van der Waals surface area contributed by atoms with Crippen molar-refractivity contribution in [2.75, 3.05) is 0 Å². The number of pyridine rings is 2. The Labute approximate surface area is 265 Å². The predicted octanol–water partition coefficient (Wildman–Crippen LogP) is 10.7. The van der Waals surface area contributed by atoms with Crippen LogP contribution in [0.15, 0.2) is 109 Å². The zero-order chi connectivity index (χ0) is 30.9. The summed E-state index contributed by atoms with van der Waals surface area (Å²) in [6.07, 6.45) is 0. The largest absolute Gasteiger partial charge is 0.251 e. The fourth-order valence-electron chi connectivity index (χ4n) is 8.50. The summed E-state index contributed by atoms with van der Waals surface area (Å²) >= 11 is 0. The van der Waals surface area contributed by atoms with Gasteiger partial charge in [-0.1, -0.05) is 126 Å². The van der Waals surface area contributed by atoms with E-state index in [4.69, 9.17) is 9.97 Å². The Morgan fingerprint density at radius 1 is 0.356 bits per heavy atom. The zero-order valence-electron chi connectivity index (χ0n) is 26.8. The fourth-order valence-corrected chi connectivity index (χ4v) is 8.50. The lowest BCUT2D eigenvalue weighted by atomic mass is 9.82. The van der Waals surface area contributed by atoms with Crippen molar-refractivity contribution in [3.05, 3.63) is 143 Å². The maximum Gasteiger partial charge on any atom is 0.0706 e. The molecule has 0 saturated heterocycles. The summed E-state index contributed by atoms with van der Waals surface area (Å²) in [5, 5.41) is 0. The van der Waals surface area contributed by atoms with Crippen molar-refractivity contribution in [3.63, 3.8) is 0 Å². The molecule has 0 saturated carbocycles. The van der Waals surface area contributed by atoms with Gasteiger partial charge in [0, 0.05) is 38.5 Å². The van der Waals surface area contributed by atoms with Crippen LogP contribution in [0.1, 0.15) is 75.2 Å². The highest BCUT2D eigenvalue weighted by molar-refractivity contribution is 5.87. The molecule has 0 N–H and O–H groups in total. The molecule has 0 bridgehead atoms. The second kappa shape index (κ2) is 8.67. The van der Waals surface area contributed by atoms with E-state index in [1.54, 1.807) is 0 Å². The second-order valence-corrected chi connectivity index (χ2v) is 14.7. The standard InChI is InChI=1S/C43H36N2/c1-41(2)33-13-9-8-12-28(33)31-23-25(15-19-35(31)41)38-22-18-30-32-24-26(16-20-36(32)43(5,6)40(30)45-38)37-21-17-29-27-11-7-10-14-34(27)42(3,4)39(29)44-37/h7-24H,1-6H3. The van der Waals surface area contributed by atoms with Crippen LogP contribution in [0.3, 0.4) is 0 Å². The Hall–Kier alpha value is -4.82. The summed E-state index contributed by atoms with van der Waals surface area (Å²) in [6, 6.07) is 40.3. The van der Waals surface area contributed by atoms with Gasteiger partial charge in [0.2, 0.25) is 0 Å². The first kappa shape index (κ1) is 26.6. The van der Waals surface area contributed by atoms with Crippen LogP contribution in [-0.2, 0) is 16.2 Å². The van der Waals surface area contributed by atoms with Gasteiger partial charge in [-0.05, 0) is 68.8 Å². The topological polar surface area (TPSA) is 25.8 Å². The van der Waals surface area contributed by atoms with E-state index < -0.39 is 0 Å². The number of aromatic nitrogens is 2. The Morgan fingerprint density at radius 2 is 0.756 bits per heavy atom. The summed E-state index contributed by atoms with van der Waals surface area (Å²) in [7, 11) is 0. The van der Waals surface area contributed by atoms with Gasteiger partial charge in [0.25, 0.3) is 0 Å². The van der Waals surface area contributed by atoms with E-state index in [9.17, 15) is 0 Å². The van der Waals surface area contributed by atoms with E-state index in [0.717, 1.165) is 28.3 Å². The Balaban J connectivity index is 1.12. The molecule has 2 heteroatoms. The zero-order valence-corrected chi connectivity index (χ0v) is 26.8. The molecule has 218 valence electrons. The smallest absolute Gasteiger partial charge is 0.0706 e. The molecule has 0 atom stereocenters. The summed E-state index contributed by atoms with van der Waals surface area (Å²) < 4.78 is 0. The lowest BCUT2D eigenvalue weighted by molar-refractivity contribution is 0.637. The molecule has 0 radical (unpaired) electrons. The minimum absolute atomic E-state index is 0.00455. The van der Waals surface area contributed by atoms with Gasteiger partial charge < -0.3 is 0 Å². The first-order valence-electron chi connectivity index (χ1n) is 16.1. The molecule has 2 heterocycles. The molecule has 45 heavy (non-hydrogen) atoms. The molecule has 3 aliphatic carbocycles. The number of rotatable bonds is 2. The van der Waals surface area contributed by atoms with E-state index in [0.29, 0.717) is 0 Å². The lowest BCUT2D eigenvalue weighted by Crippen LogP contribution is -2.17. The van der Waals surface area contributed by atoms with Crippen molar-refractivity contribution >= 4 is 0 Å². The minimum Gasteiger partial charge on any atom is -0.251 e. The van der Waals surface area contributed by atoms with Gasteiger partial charge in [-0.15, -0.1) is 0 Å². The Morgan fingerprint density at radius 3 is 1.31 bits per heavy atom. The molecule has 2 aromatic heterocycles. The first-order chi connectivity index (χ1) is 21.6. The molecule has 2 nitrogen and oxygen atoms in total. The fraction of sp³-hybridized carbons (Fsp3) is 0.209. The van der Waals surface area contributed by atoms with Gasteiger partial charge >= 0.3 is 0 Å². The first-order valence-corrected chi connectivity index (χ1v) is 16.1. The van der Waals surface area contributed by atoms with E-state index >= 15 is 0 Å². The number of hydrogen-bond donors (Lipinski definition) is 0. The van der Waals surface area contributed by atoms with Crippen LogP contribution in [0.25, 0.3) is 55.9 Å². The molecule has 0 unspecified atom stereocenters. The average Bonchev–Trinajstić information content (AvgIpc) is 3.53. The summed E-state index contributed by atoms with van der Waals surface area (Å²) in [6.45, 7) is 13.9. The normalized spacial score (nSPS) is 16.8. The van der Waals surface area contributed by atoms with Crippen molar-refractivity contribution in [3.8, 4) is 55.9 Å². The molecular formula is C43H36N2. The third-order valence-electron chi connectivity index (χ3n) is 11.0. The summed E-state index contributed by atoms with van der Waals surface area (Å²) in [5.41, 5.74) is 19.5. The third-order valence-corrected chi connectivity index (χ3v) is 11.0. The van der Waals surface area contributed by atoms with Gasteiger partial charge in [-0.3, -0.25) is 9.97 Å². The van der Waals surface area contributed by atoms with Crippen LogP contribution in [0.4, 0.5) is 0 Å². The molecule has 0 amide bonds. The lowest BCUT2D eigenvalue weighted by Gasteiger charge is -2.22.